The maximum Gasteiger partial charge on any atom is 0.273 e. The molecule has 0 aliphatic heterocycles. The third kappa shape index (κ3) is 3.03. The second kappa shape index (κ2) is 4.51. The average Bonchev–Trinajstić information content (AvgIpc) is 2.00. The lowest BCUT2D eigenvalue weighted by molar-refractivity contribution is 0.391. The van der Waals surface area contributed by atoms with E-state index in [1.807, 2.05) is 0 Å². The summed E-state index contributed by atoms with van der Waals surface area (Å²) in [5.74, 6) is 0. The molecule has 1 atom stereocenters. The monoisotopic (exact) mass is 178 g/mol. The Labute approximate surface area is 68.2 Å². The minimum atomic E-state index is -3.36. The largest absolute Gasteiger partial charge is 0.273 e. The third-order valence-corrected chi connectivity index (χ3v) is 3.11. The quantitative estimate of drug-likeness (QED) is 0.481. The van der Waals surface area contributed by atoms with E-state index in [0.29, 0.717) is 6.42 Å². The van der Waals surface area contributed by atoms with E-state index in [1.54, 1.807) is 26.0 Å². The highest BCUT2D eigenvalue weighted by Crippen LogP contribution is 2.08. The van der Waals surface area contributed by atoms with Crippen molar-refractivity contribution in [1.29, 1.82) is 0 Å². The van der Waals surface area contributed by atoms with Gasteiger partial charge in [-0.15, -0.1) is 0 Å². The van der Waals surface area contributed by atoms with Crippen LogP contribution in [0, 0.1) is 0 Å². The van der Waals surface area contributed by atoms with Gasteiger partial charge in [0.05, 0.1) is 7.11 Å². The first-order valence-corrected chi connectivity index (χ1v) is 4.97. The zero-order valence-electron chi connectivity index (χ0n) is 7.07. The molecule has 0 radical (unpaired) electrons. The van der Waals surface area contributed by atoms with Crippen LogP contribution in [0.5, 0.6) is 0 Å². The molecule has 0 saturated carbocycles. The van der Waals surface area contributed by atoms with Crippen LogP contribution >= 0.6 is 0 Å². The molecule has 0 aliphatic rings. The van der Waals surface area contributed by atoms with Gasteiger partial charge in [-0.3, -0.25) is 4.18 Å². The Morgan fingerprint density at radius 1 is 1.55 bits per heavy atom. The lowest BCUT2D eigenvalue weighted by Gasteiger charge is -2.08. The van der Waals surface area contributed by atoms with Gasteiger partial charge in [0, 0.05) is 0 Å². The van der Waals surface area contributed by atoms with Crippen LogP contribution in [0.15, 0.2) is 12.2 Å². The van der Waals surface area contributed by atoms with Gasteiger partial charge < -0.3 is 0 Å². The highest BCUT2D eigenvalue weighted by atomic mass is 32.2. The first-order chi connectivity index (χ1) is 5.08. The van der Waals surface area contributed by atoms with Gasteiger partial charge >= 0.3 is 0 Å². The van der Waals surface area contributed by atoms with Crippen molar-refractivity contribution in [2.75, 3.05) is 7.11 Å². The summed E-state index contributed by atoms with van der Waals surface area (Å²) >= 11 is 0. The van der Waals surface area contributed by atoms with Gasteiger partial charge in [-0.1, -0.05) is 19.1 Å². The lowest BCUT2D eigenvalue weighted by Crippen LogP contribution is -2.19. The molecule has 0 spiro atoms. The van der Waals surface area contributed by atoms with Crippen LogP contribution in [-0.2, 0) is 14.3 Å². The maximum absolute atomic E-state index is 11.0. The maximum atomic E-state index is 11.0. The second-order valence-corrected chi connectivity index (χ2v) is 4.06. The van der Waals surface area contributed by atoms with Crippen molar-refractivity contribution >= 4 is 10.1 Å². The van der Waals surface area contributed by atoms with Crippen LogP contribution in [0.2, 0.25) is 0 Å². The zero-order valence-corrected chi connectivity index (χ0v) is 7.89. The summed E-state index contributed by atoms with van der Waals surface area (Å²) in [6.45, 7) is 3.59. The molecule has 4 heteroatoms. The first-order valence-electron chi connectivity index (χ1n) is 3.50. The van der Waals surface area contributed by atoms with Crippen molar-refractivity contribution in [3.63, 3.8) is 0 Å². The third-order valence-electron chi connectivity index (χ3n) is 1.41. The van der Waals surface area contributed by atoms with Crippen LogP contribution in [-0.4, -0.2) is 20.8 Å². The standard InChI is InChI=1S/C7H14O3S/c1-4-6-7(5-2)11(8,9)10-3/h4,6-7H,5H2,1-3H3. The molecular weight excluding hydrogens is 164 g/mol. The topological polar surface area (TPSA) is 43.4 Å². The summed E-state index contributed by atoms with van der Waals surface area (Å²) in [7, 11) is -2.18. The predicted molar refractivity (Wildman–Crippen MR) is 44.8 cm³/mol. The van der Waals surface area contributed by atoms with Crippen LogP contribution < -0.4 is 0 Å². The smallest absolute Gasteiger partial charge is 0.273 e. The molecule has 0 bridgehead atoms. The van der Waals surface area contributed by atoms with Crippen LogP contribution in [0.3, 0.4) is 0 Å². The van der Waals surface area contributed by atoms with E-state index in [9.17, 15) is 8.42 Å². The van der Waals surface area contributed by atoms with E-state index in [4.69, 9.17) is 0 Å². The molecule has 0 aliphatic carbocycles. The molecule has 66 valence electrons. The van der Waals surface area contributed by atoms with Crippen molar-refractivity contribution in [1.82, 2.24) is 0 Å². The van der Waals surface area contributed by atoms with Gasteiger partial charge in [-0.2, -0.15) is 8.42 Å². The van der Waals surface area contributed by atoms with Crippen LogP contribution in [0.1, 0.15) is 20.3 Å². The Balaban J connectivity index is 4.51. The molecule has 0 heterocycles. The summed E-state index contributed by atoms with van der Waals surface area (Å²) in [6.07, 6.45) is 3.88. The molecule has 0 N–H and O–H groups in total. The SMILES string of the molecule is CC=CC(CC)S(=O)(=O)OC. The van der Waals surface area contributed by atoms with Crippen LogP contribution in [0.25, 0.3) is 0 Å². The van der Waals surface area contributed by atoms with Gasteiger partial charge in [-0.05, 0) is 13.3 Å². The Kier molecular flexibility index (Phi) is 4.37. The number of hydrogen-bond donors (Lipinski definition) is 0. The Morgan fingerprint density at radius 2 is 2.09 bits per heavy atom. The van der Waals surface area contributed by atoms with Crippen molar-refractivity contribution in [3.05, 3.63) is 12.2 Å². The zero-order chi connectivity index (χ0) is 8.91. The van der Waals surface area contributed by atoms with Crippen molar-refractivity contribution in [3.8, 4) is 0 Å². The molecule has 0 aromatic carbocycles. The summed E-state index contributed by atoms with van der Waals surface area (Å²) in [5.41, 5.74) is 0. The van der Waals surface area contributed by atoms with Crippen molar-refractivity contribution in [2.45, 2.75) is 25.5 Å². The molecule has 11 heavy (non-hydrogen) atoms. The molecule has 1 unspecified atom stereocenters. The Hall–Kier alpha value is -0.350. The molecule has 0 saturated heterocycles. The highest BCUT2D eigenvalue weighted by molar-refractivity contribution is 7.87. The first kappa shape index (κ1) is 10.7. The second-order valence-electron chi connectivity index (χ2n) is 2.13. The normalized spacial score (nSPS) is 15.5. The number of rotatable bonds is 4. The Morgan fingerprint density at radius 3 is 2.36 bits per heavy atom. The van der Waals surface area contributed by atoms with Gasteiger partial charge in [0.25, 0.3) is 10.1 Å². The number of hydrogen-bond acceptors (Lipinski definition) is 3. The Bertz CT molecular complexity index is 216. The molecule has 0 aromatic rings. The average molecular weight is 178 g/mol. The summed E-state index contributed by atoms with van der Waals surface area (Å²) in [5, 5.41) is -0.502. The van der Waals surface area contributed by atoms with Gasteiger partial charge in [0.2, 0.25) is 0 Å². The molecular formula is C7H14O3S. The lowest BCUT2D eigenvalue weighted by atomic mass is 10.3. The molecule has 0 amide bonds. The molecule has 0 rings (SSSR count). The number of allylic oxidation sites excluding steroid dienone is 1. The fourth-order valence-corrected chi connectivity index (χ4v) is 1.78. The van der Waals surface area contributed by atoms with E-state index in [0.717, 1.165) is 0 Å². The molecule has 3 nitrogen and oxygen atoms in total. The predicted octanol–water partition coefficient (Wildman–Crippen LogP) is 1.32. The van der Waals surface area contributed by atoms with E-state index < -0.39 is 15.4 Å². The highest BCUT2D eigenvalue weighted by Gasteiger charge is 2.19. The minimum absolute atomic E-state index is 0.502. The minimum Gasteiger partial charge on any atom is -0.273 e. The molecule has 0 aromatic heterocycles. The fraction of sp³-hybridized carbons (Fsp3) is 0.714. The van der Waals surface area contributed by atoms with Gasteiger partial charge in [0.15, 0.2) is 0 Å². The molecule has 0 fully saturated rings. The fourth-order valence-electron chi connectivity index (χ4n) is 0.775. The summed E-state index contributed by atoms with van der Waals surface area (Å²) in [6, 6.07) is 0. The summed E-state index contributed by atoms with van der Waals surface area (Å²) in [4.78, 5) is 0. The van der Waals surface area contributed by atoms with Gasteiger partial charge in [-0.25, -0.2) is 0 Å². The van der Waals surface area contributed by atoms with E-state index in [2.05, 4.69) is 4.18 Å². The van der Waals surface area contributed by atoms with Crippen molar-refractivity contribution < 1.29 is 12.6 Å². The van der Waals surface area contributed by atoms with Crippen molar-refractivity contribution in [2.24, 2.45) is 0 Å². The summed E-state index contributed by atoms with van der Waals surface area (Å²) < 4.78 is 26.5. The van der Waals surface area contributed by atoms with E-state index >= 15 is 0 Å². The van der Waals surface area contributed by atoms with Gasteiger partial charge in [0.1, 0.15) is 5.25 Å². The van der Waals surface area contributed by atoms with E-state index in [-0.39, 0.29) is 0 Å². The van der Waals surface area contributed by atoms with Crippen LogP contribution in [0.4, 0.5) is 0 Å². The van der Waals surface area contributed by atoms with E-state index in [1.165, 1.54) is 7.11 Å².